The molecule has 2 heterocycles. The highest BCUT2D eigenvalue weighted by atomic mass is 16.5. The zero-order valence-electron chi connectivity index (χ0n) is 13.2. The molecule has 0 bridgehead atoms. The van der Waals surface area contributed by atoms with E-state index >= 15 is 0 Å². The normalized spacial score (nSPS) is 14.8. The molecule has 0 amide bonds. The molecule has 0 spiro atoms. The predicted octanol–water partition coefficient (Wildman–Crippen LogP) is 2.69. The Kier molecular flexibility index (Phi) is 6.05. The van der Waals surface area contributed by atoms with Crippen molar-refractivity contribution < 1.29 is 4.74 Å². The van der Waals surface area contributed by atoms with Crippen molar-refractivity contribution in [2.75, 3.05) is 13.2 Å². The Morgan fingerprint density at radius 1 is 1.35 bits per heavy atom. The van der Waals surface area contributed by atoms with Crippen molar-refractivity contribution in [2.45, 2.75) is 72.1 Å². The van der Waals surface area contributed by atoms with Crippen molar-refractivity contribution in [3.8, 4) is 0 Å². The van der Waals surface area contributed by atoms with Gasteiger partial charge in [0.2, 0.25) is 0 Å². The molecule has 1 N–H and O–H groups in total. The Bertz CT molecular complexity index is 412. The monoisotopic (exact) mass is 279 g/mol. The van der Waals surface area contributed by atoms with Crippen LogP contribution in [0.5, 0.6) is 0 Å². The van der Waals surface area contributed by atoms with Crippen LogP contribution in [0.2, 0.25) is 0 Å². The topological polar surface area (TPSA) is 39.1 Å². The number of aryl methyl sites for hydroxylation is 1. The van der Waals surface area contributed by atoms with E-state index in [-0.39, 0.29) is 0 Å². The Hall–Kier alpha value is -0.870. The number of fused-ring (bicyclic) bond motifs is 1. The van der Waals surface area contributed by atoms with Crippen LogP contribution in [0.1, 0.15) is 57.2 Å². The fourth-order valence-electron chi connectivity index (χ4n) is 2.80. The summed E-state index contributed by atoms with van der Waals surface area (Å²) < 4.78 is 8.10. The molecular formula is C16H29N3O. The van der Waals surface area contributed by atoms with E-state index < -0.39 is 0 Å². The number of rotatable bonds is 8. The standard InChI is InChI=1S/C16H29N3O/c1-4-7-16-18-14-12-17-9-8-15(14)19(16)10-5-6-11-20-13(2)3/h13,17H,4-12H2,1-3H3. The van der Waals surface area contributed by atoms with Crippen LogP contribution >= 0.6 is 0 Å². The van der Waals surface area contributed by atoms with Gasteiger partial charge in [0.25, 0.3) is 0 Å². The Labute approximate surface area is 122 Å². The lowest BCUT2D eigenvalue weighted by Crippen LogP contribution is -2.25. The van der Waals surface area contributed by atoms with E-state index in [0.717, 1.165) is 45.5 Å². The van der Waals surface area contributed by atoms with Crippen LogP contribution in [-0.2, 0) is 30.7 Å². The van der Waals surface area contributed by atoms with E-state index in [0.29, 0.717) is 6.10 Å². The summed E-state index contributed by atoms with van der Waals surface area (Å²) in [7, 11) is 0. The van der Waals surface area contributed by atoms with Crippen LogP contribution in [0.3, 0.4) is 0 Å². The van der Waals surface area contributed by atoms with Crippen molar-refractivity contribution in [2.24, 2.45) is 0 Å². The van der Waals surface area contributed by atoms with Crippen LogP contribution < -0.4 is 5.32 Å². The van der Waals surface area contributed by atoms with Crippen LogP contribution in [0, 0.1) is 0 Å². The van der Waals surface area contributed by atoms with E-state index in [1.165, 1.54) is 30.1 Å². The Morgan fingerprint density at radius 3 is 2.95 bits per heavy atom. The van der Waals surface area contributed by atoms with Crippen molar-refractivity contribution in [3.63, 3.8) is 0 Å². The molecule has 20 heavy (non-hydrogen) atoms. The Morgan fingerprint density at radius 2 is 2.20 bits per heavy atom. The largest absolute Gasteiger partial charge is 0.379 e. The average molecular weight is 279 g/mol. The number of nitrogens with one attached hydrogen (secondary N) is 1. The van der Waals surface area contributed by atoms with E-state index in [9.17, 15) is 0 Å². The van der Waals surface area contributed by atoms with Crippen molar-refractivity contribution in [1.29, 1.82) is 0 Å². The molecule has 1 aromatic heterocycles. The molecule has 2 rings (SSSR count). The first-order chi connectivity index (χ1) is 9.72. The molecule has 4 heteroatoms. The average Bonchev–Trinajstić information content (AvgIpc) is 2.76. The molecule has 0 fully saturated rings. The lowest BCUT2D eigenvalue weighted by molar-refractivity contribution is 0.0754. The molecule has 0 aliphatic carbocycles. The van der Waals surface area contributed by atoms with Gasteiger partial charge in [-0.15, -0.1) is 0 Å². The maximum Gasteiger partial charge on any atom is 0.109 e. The number of nitrogens with zero attached hydrogens (tertiary/aromatic N) is 2. The number of ether oxygens (including phenoxy) is 1. The van der Waals surface area contributed by atoms with E-state index in [2.05, 4.69) is 30.7 Å². The maximum atomic E-state index is 5.62. The Balaban J connectivity index is 1.93. The van der Waals surface area contributed by atoms with Gasteiger partial charge in [-0.2, -0.15) is 0 Å². The molecule has 1 aliphatic rings. The van der Waals surface area contributed by atoms with Gasteiger partial charge >= 0.3 is 0 Å². The summed E-state index contributed by atoms with van der Waals surface area (Å²) in [5.41, 5.74) is 2.75. The first-order valence-electron chi connectivity index (χ1n) is 8.11. The SMILES string of the molecule is CCCc1nc2c(n1CCCCOC(C)C)CCNC2. The summed E-state index contributed by atoms with van der Waals surface area (Å²) in [6.45, 7) is 10.4. The molecule has 1 aliphatic heterocycles. The van der Waals surface area contributed by atoms with Crippen molar-refractivity contribution in [1.82, 2.24) is 14.9 Å². The minimum absolute atomic E-state index is 0.345. The fraction of sp³-hybridized carbons (Fsp3) is 0.812. The van der Waals surface area contributed by atoms with Crippen molar-refractivity contribution >= 4 is 0 Å². The number of aromatic nitrogens is 2. The van der Waals surface area contributed by atoms with E-state index in [1.807, 2.05) is 0 Å². The highest BCUT2D eigenvalue weighted by Crippen LogP contribution is 2.18. The number of unbranched alkanes of at least 4 members (excludes halogenated alkanes) is 1. The summed E-state index contributed by atoms with van der Waals surface area (Å²) >= 11 is 0. The smallest absolute Gasteiger partial charge is 0.109 e. The molecule has 4 nitrogen and oxygen atoms in total. The van der Waals surface area contributed by atoms with Gasteiger partial charge in [0, 0.05) is 44.8 Å². The lowest BCUT2D eigenvalue weighted by atomic mass is 10.2. The minimum atomic E-state index is 0.345. The van der Waals surface area contributed by atoms with Gasteiger partial charge in [-0.3, -0.25) is 0 Å². The lowest BCUT2D eigenvalue weighted by Gasteiger charge is -2.16. The van der Waals surface area contributed by atoms with E-state index in [4.69, 9.17) is 9.72 Å². The van der Waals surface area contributed by atoms with Gasteiger partial charge in [0.1, 0.15) is 5.82 Å². The summed E-state index contributed by atoms with van der Waals surface area (Å²) in [4.78, 5) is 4.84. The second kappa shape index (κ2) is 7.79. The predicted molar refractivity (Wildman–Crippen MR) is 82.0 cm³/mol. The first-order valence-corrected chi connectivity index (χ1v) is 8.11. The van der Waals surface area contributed by atoms with E-state index in [1.54, 1.807) is 0 Å². The van der Waals surface area contributed by atoms with Gasteiger partial charge in [-0.25, -0.2) is 4.98 Å². The van der Waals surface area contributed by atoms with Crippen molar-refractivity contribution in [3.05, 3.63) is 17.2 Å². The highest BCUT2D eigenvalue weighted by Gasteiger charge is 2.18. The van der Waals surface area contributed by atoms with Crippen LogP contribution in [-0.4, -0.2) is 28.8 Å². The summed E-state index contributed by atoms with van der Waals surface area (Å²) in [5, 5.41) is 3.42. The van der Waals surface area contributed by atoms with Gasteiger partial charge in [-0.05, 0) is 33.1 Å². The summed E-state index contributed by atoms with van der Waals surface area (Å²) in [6, 6.07) is 0. The second-order valence-electron chi connectivity index (χ2n) is 5.88. The molecule has 0 saturated heterocycles. The second-order valence-corrected chi connectivity index (χ2v) is 5.88. The maximum absolute atomic E-state index is 5.62. The van der Waals surface area contributed by atoms with Crippen LogP contribution in [0.25, 0.3) is 0 Å². The summed E-state index contributed by atoms with van der Waals surface area (Å²) in [6.07, 6.45) is 6.04. The fourth-order valence-corrected chi connectivity index (χ4v) is 2.80. The zero-order valence-corrected chi connectivity index (χ0v) is 13.2. The first kappa shape index (κ1) is 15.5. The van der Waals surface area contributed by atoms with Gasteiger partial charge in [0.05, 0.1) is 11.8 Å². The molecule has 0 aromatic carbocycles. The molecular weight excluding hydrogens is 250 g/mol. The number of hydrogen-bond acceptors (Lipinski definition) is 3. The third-order valence-electron chi connectivity index (χ3n) is 3.77. The van der Waals surface area contributed by atoms with Gasteiger partial charge < -0.3 is 14.6 Å². The third-order valence-corrected chi connectivity index (χ3v) is 3.77. The van der Waals surface area contributed by atoms with Crippen LogP contribution in [0.4, 0.5) is 0 Å². The molecule has 0 radical (unpaired) electrons. The van der Waals surface area contributed by atoms with Gasteiger partial charge in [-0.1, -0.05) is 6.92 Å². The molecule has 114 valence electrons. The molecule has 0 atom stereocenters. The minimum Gasteiger partial charge on any atom is -0.379 e. The highest BCUT2D eigenvalue weighted by molar-refractivity contribution is 5.20. The van der Waals surface area contributed by atoms with Crippen LogP contribution in [0.15, 0.2) is 0 Å². The number of imidazole rings is 1. The quantitative estimate of drug-likeness (QED) is 0.744. The number of hydrogen-bond donors (Lipinski definition) is 1. The zero-order chi connectivity index (χ0) is 14.4. The third kappa shape index (κ3) is 4.06. The molecule has 1 aromatic rings. The molecule has 0 unspecified atom stereocenters. The summed E-state index contributed by atoms with van der Waals surface area (Å²) in [5.74, 6) is 1.28. The molecule has 0 saturated carbocycles. The van der Waals surface area contributed by atoms with Gasteiger partial charge in [0.15, 0.2) is 0 Å².